The summed E-state index contributed by atoms with van der Waals surface area (Å²) in [6.07, 6.45) is 4.28. The molecule has 11 rings (SSSR count). The monoisotopic (exact) mass is 640 g/mol. The summed E-state index contributed by atoms with van der Waals surface area (Å²) in [5.41, 5.74) is 10.3. The fraction of sp³-hybridized carbons (Fsp3) is 0. The van der Waals surface area contributed by atoms with E-state index in [0.717, 1.165) is 82.5 Å². The highest BCUT2D eigenvalue weighted by Crippen LogP contribution is 2.42. The van der Waals surface area contributed by atoms with Crippen LogP contribution in [0, 0.1) is 0 Å². The second kappa shape index (κ2) is 10.4. The van der Waals surface area contributed by atoms with Crippen LogP contribution in [0.3, 0.4) is 0 Å². The zero-order valence-corrected chi connectivity index (χ0v) is 26.9. The third-order valence-electron chi connectivity index (χ3n) is 10.2. The molecule has 0 aliphatic rings. The number of rotatable bonds is 4. The zero-order valence-electron chi connectivity index (χ0n) is 26.9. The van der Waals surface area contributed by atoms with E-state index in [0.29, 0.717) is 0 Å². The van der Waals surface area contributed by atoms with Gasteiger partial charge in [0.25, 0.3) is 0 Å². The maximum Gasteiger partial charge on any atom is 0.143 e. The summed E-state index contributed by atoms with van der Waals surface area (Å²) in [4.78, 5) is 2.34. The van der Waals surface area contributed by atoms with Crippen molar-refractivity contribution >= 4 is 88.0 Å². The van der Waals surface area contributed by atoms with Crippen molar-refractivity contribution in [3.05, 3.63) is 170 Å². The van der Waals surface area contributed by atoms with Crippen LogP contribution in [0.25, 0.3) is 82.1 Å². The van der Waals surface area contributed by atoms with Crippen LogP contribution in [-0.4, -0.2) is 4.40 Å². The van der Waals surface area contributed by atoms with Gasteiger partial charge in [-0.3, -0.25) is 0 Å². The predicted octanol–water partition coefficient (Wildman–Crippen LogP) is 13.2. The Morgan fingerprint density at radius 2 is 0.940 bits per heavy atom. The standard InChI is InChI=1S/C46H28N2O2/c1-3-10-43-37(8-1)39-22-16-30-14-20-35(26-41(30)45(39)49-43)48(33-18-12-29(13-19-33)32-25-34-7-5-6-24-47(34)28-32)36-21-15-31-17-23-40-38-9-2-4-11-44(38)50-46(40)42(31)27-36/h1-28H. The Hall–Kier alpha value is -6.78. The van der Waals surface area contributed by atoms with Crippen LogP contribution in [0.4, 0.5) is 17.1 Å². The number of anilines is 3. The number of nitrogens with zero attached hydrogens (tertiary/aromatic N) is 2. The minimum absolute atomic E-state index is 0.899. The van der Waals surface area contributed by atoms with Crippen molar-refractivity contribution < 1.29 is 8.83 Å². The molecular weight excluding hydrogens is 613 g/mol. The van der Waals surface area contributed by atoms with Crippen LogP contribution in [-0.2, 0) is 0 Å². The van der Waals surface area contributed by atoms with Crippen LogP contribution in [0.5, 0.6) is 0 Å². The molecule has 0 unspecified atom stereocenters. The first-order valence-corrected chi connectivity index (χ1v) is 16.9. The topological polar surface area (TPSA) is 33.9 Å². The van der Waals surface area contributed by atoms with E-state index in [1.165, 1.54) is 16.6 Å². The summed E-state index contributed by atoms with van der Waals surface area (Å²) in [5.74, 6) is 0. The average molecular weight is 641 g/mol. The minimum Gasteiger partial charge on any atom is -0.455 e. The van der Waals surface area contributed by atoms with Crippen molar-refractivity contribution in [2.24, 2.45) is 0 Å². The van der Waals surface area contributed by atoms with Gasteiger partial charge in [-0.05, 0) is 95.2 Å². The van der Waals surface area contributed by atoms with Crippen molar-refractivity contribution in [2.45, 2.75) is 0 Å². The molecule has 0 N–H and O–H groups in total. The molecule has 234 valence electrons. The van der Waals surface area contributed by atoms with Crippen molar-refractivity contribution in [1.29, 1.82) is 0 Å². The van der Waals surface area contributed by atoms with Gasteiger partial charge in [0, 0.05) is 72.9 Å². The van der Waals surface area contributed by atoms with Crippen molar-refractivity contribution in [2.75, 3.05) is 4.90 Å². The average Bonchev–Trinajstić information content (AvgIpc) is 3.89. The second-order valence-electron chi connectivity index (χ2n) is 13.0. The number of para-hydroxylation sites is 2. The molecule has 0 saturated carbocycles. The van der Waals surface area contributed by atoms with E-state index < -0.39 is 0 Å². The van der Waals surface area contributed by atoms with Gasteiger partial charge in [-0.1, -0.05) is 78.9 Å². The van der Waals surface area contributed by atoms with E-state index in [4.69, 9.17) is 8.83 Å². The maximum absolute atomic E-state index is 6.50. The third-order valence-corrected chi connectivity index (χ3v) is 10.2. The third kappa shape index (κ3) is 4.06. The summed E-state index contributed by atoms with van der Waals surface area (Å²) in [7, 11) is 0. The highest BCUT2D eigenvalue weighted by Gasteiger charge is 2.18. The van der Waals surface area contributed by atoms with E-state index >= 15 is 0 Å². The predicted molar refractivity (Wildman–Crippen MR) is 207 cm³/mol. The molecule has 7 aromatic carbocycles. The molecule has 0 radical (unpaired) electrons. The lowest BCUT2D eigenvalue weighted by atomic mass is 10.0. The first kappa shape index (κ1) is 27.2. The number of fused-ring (bicyclic) bond motifs is 11. The number of hydrogen-bond donors (Lipinski definition) is 0. The molecule has 0 aliphatic carbocycles. The summed E-state index contributed by atoms with van der Waals surface area (Å²) in [5, 5.41) is 8.95. The molecule has 0 atom stereocenters. The van der Waals surface area contributed by atoms with E-state index in [1.807, 2.05) is 24.3 Å². The number of benzene rings is 7. The fourth-order valence-electron chi connectivity index (χ4n) is 7.72. The van der Waals surface area contributed by atoms with E-state index in [2.05, 4.69) is 155 Å². The first-order chi connectivity index (χ1) is 24.7. The second-order valence-corrected chi connectivity index (χ2v) is 13.0. The summed E-state index contributed by atoms with van der Waals surface area (Å²) in [6.45, 7) is 0. The molecule has 4 heterocycles. The molecule has 50 heavy (non-hydrogen) atoms. The Morgan fingerprint density at radius 3 is 1.54 bits per heavy atom. The number of hydrogen-bond acceptors (Lipinski definition) is 3. The van der Waals surface area contributed by atoms with Gasteiger partial charge < -0.3 is 18.1 Å². The molecule has 4 heteroatoms. The molecule has 4 nitrogen and oxygen atoms in total. The van der Waals surface area contributed by atoms with Gasteiger partial charge in [-0.25, -0.2) is 0 Å². The zero-order chi connectivity index (χ0) is 32.8. The smallest absolute Gasteiger partial charge is 0.143 e. The number of furan rings is 2. The molecule has 4 aromatic heterocycles. The maximum atomic E-state index is 6.50. The van der Waals surface area contributed by atoms with Gasteiger partial charge in [-0.15, -0.1) is 0 Å². The summed E-state index contributed by atoms with van der Waals surface area (Å²) >= 11 is 0. The molecule has 0 fully saturated rings. The quantitative estimate of drug-likeness (QED) is 0.192. The lowest BCUT2D eigenvalue weighted by Crippen LogP contribution is -2.10. The fourth-order valence-corrected chi connectivity index (χ4v) is 7.72. The largest absolute Gasteiger partial charge is 0.455 e. The van der Waals surface area contributed by atoms with Crippen LogP contribution in [0.2, 0.25) is 0 Å². The van der Waals surface area contributed by atoms with Gasteiger partial charge in [-0.2, -0.15) is 0 Å². The Morgan fingerprint density at radius 1 is 0.400 bits per heavy atom. The number of pyridine rings is 1. The number of aromatic nitrogens is 1. The Labute approximate surface area is 286 Å². The van der Waals surface area contributed by atoms with E-state index in [-0.39, 0.29) is 0 Å². The van der Waals surface area contributed by atoms with Crippen LogP contribution >= 0.6 is 0 Å². The van der Waals surface area contributed by atoms with E-state index in [9.17, 15) is 0 Å². The summed E-state index contributed by atoms with van der Waals surface area (Å²) < 4.78 is 15.2. The Bertz CT molecular complexity index is 2920. The van der Waals surface area contributed by atoms with Gasteiger partial charge >= 0.3 is 0 Å². The van der Waals surface area contributed by atoms with Gasteiger partial charge in [0.1, 0.15) is 22.3 Å². The summed E-state index contributed by atoms with van der Waals surface area (Å²) in [6, 6.07) is 56.0. The molecule has 0 bridgehead atoms. The molecule has 0 spiro atoms. The van der Waals surface area contributed by atoms with Crippen LogP contribution < -0.4 is 4.90 Å². The normalized spacial score (nSPS) is 12.0. The van der Waals surface area contributed by atoms with Gasteiger partial charge in [0.2, 0.25) is 0 Å². The molecule has 11 aromatic rings. The van der Waals surface area contributed by atoms with E-state index in [1.54, 1.807) is 0 Å². The van der Waals surface area contributed by atoms with Crippen LogP contribution in [0.15, 0.2) is 179 Å². The van der Waals surface area contributed by atoms with Gasteiger partial charge in [0.15, 0.2) is 0 Å². The van der Waals surface area contributed by atoms with Crippen molar-refractivity contribution in [3.8, 4) is 11.1 Å². The van der Waals surface area contributed by atoms with Crippen molar-refractivity contribution in [3.63, 3.8) is 0 Å². The lowest BCUT2D eigenvalue weighted by Gasteiger charge is -2.26. The SMILES string of the molecule is c1ccc2c(c1)oc1c3cc(N(c4ccc(-c5cc6ccccn6c5)cc4)c4ccc5ccc6c7ccccc7oc6c5c4)ccc3ccc21. The molecule has 0 aliphatic heterocycles. The first-order valence-electron chi connectivity index (χ1n) is 16.9. The van der Waals surface area contributed by atoms with Crippen molar-refractivity contribution in [1.82, 2.24) is 4.40 Å². The Balaban J connectivity index is 1.13. The molecule has 0 saturated heterocycles. The highest BCUT2D eigenvalue weighted by atomic mass is 16.3. The molecule has 0 amide bonds. The molecular formula is C46H28N2O2. The highest BCUT2D eigenvalue weighted by molar-refractivity contribution is 6.17. The van der Waals surface area contributed by atoms with Gasteiger partial charge in [0.05, 0.1) is 0 Å². The lowest BCUT2D eigenvalue weighted by molar-refractivity contribution is 0.672. The van der Waals surface area contributed by atoms with Crippen LogP contribution in [0.1, 0.15) is 0 Å². The Kier molecular flexibility index (Phi) is 5.63. The minimum atomic E-state index is 0.899.